The molecule has 0 radical (unpaired) electrons. The summed E-state index contributed by atoms with van der Waals surface area (Å²) in [6.07, 6.45) is 0.810. The van der Waals surface area contributed by atoms with E-state index in [1.165, 1.54) is 11.8 Å². The zero-order valence-corrected chi connectivity index (χ0v) is 10.5. The van der Waals surface area contributed by atoms with E-state index in [1.807, 2.05) is 25.7 Å². The van der Waals surface area contributed by atoms with Gasteiger partial charge >= 0.3 is 5.97 Å². The van der Waals surface area contributed by atoms with Gasteiger partial charge < -0.3 is 14.6 Å². The van der Waals surface area contributed by atoms with Crippen LogP contribution in [0.2, 0.25) is 0 Å². The lowest BCUT2D eigenvalue weighted by Gasteiger charge is -2.08. The van der Waals surface area contributed by atoms with Crippen LogP contribution in [0, 0.1) is 0 Å². The molecule has 0 atom stereocenters. The Morgan fingerprint density at radius 1 is 1.50 bits per heavy atom. The first-order chi connectivity index (χ1) is 7.50. The molecule has 6 nitrogen and oxygen atoms in total. The van der Waals surface area contributed by atoms with Crippen molar-refractivity contribution in [1.29, 1.82) is 0 Å². The molecule has 1 aromatic rings. The molecule has 0 saturated carbocycles. The molecule has 1 N–H and O–H groups in total. The highest BCUT2D eigenvalue weighted by atomic mass is 32.2. The first-order valence-corrected chi connectivity index (χ1v) is 5.87. The third-order valence-electron chi connectivity index (χ3n) is 2.03. The molecule has 0 aliphatic heterocycles. The molecule has 1 heterocycles. The van der Waals surface area contributed by atoms with E-state index in [0.717, 1.165) is 18.8 Å². The van der Waals surface area contributed by atoms with Gasteiger partial charge in [0.15, 0.2) is 5.16 Å². The third kappa shape index (κ3) is 3.82. The highest BCUT2D eigenvalue weighted by Crippen LogP contribution is 2.15. The molecule has 90 valence electrons. The van der Waals surface area contributed by atoms with Gasteiger partial charge in [0, 0.05) is 20.0 Å². The van der Waals surface area contributed by atoms with E-state index in [-0.39, 0.29) is 5.75 Å². The molecule has 7 heteroatoms. The summed E-state index contributed by atoms with van der Waals surface area (Å²) in [5, 5.41) is 17.2. The zero-order chi connectivity index (χ0) is 12.1. The predicted octanol–water partition coefficient (Wildman–Crippen LogP) is 0.0959. The smallest absolute Gasteiger partial charge is 0.313 e. The summed E-state index contributed by atoms with van der Waals surface area (Å²) in [7, 11) is 5.85. The van der Waals surface area contributed by atoms with Gasteiger partial charge in [-0.25, -0.2) is 0 Å². The minimum absolute atomic E-state index is 0.0135. The van der Waals surface area contributed by atoms with Crippen LogP contribution in [0.5, 0.6) is 0 Å². The van der Waals surface area contributed by atoms with E-state index < -0.39 is 5.97 Å². The summed E-state index contributed by atoms with van der Waals surface area (Å²) in [5.74, 6) is 0.0454. The van der Waals surface area contributed by atoms with E-state index in [1.54, 1.807) is 0 Å². The third-order valence-corrected chi connectivity index (χ3v) is 3.04. The van der Waals surface area contributed by atoms with E-state index in [4.69, 9.17) is 5.11 Å². The van der Waals surface area contributed by atoms with Crippen LogP contribution in [0.4, 0.5) is 0 Å². The number of carbonyl (C=O) groups is 1. The molecule has 16 heavy (non-hydrogen) atoms. The Bertz CT molecular complexity index is 364. The lowest BCUT2D eigenvalue weighted by molar-refractivity contribution is -0.133. The van der Waals surface area contributed by atoms with Crippen molar-refractivity contribution >= 4 is 17.7 Å². The molecule has 1 aromatic heterocycles. The Hall–Kier alpha value is -1.08. The van der Waals surface area contributed by atoms with Gasteiger partial charge in [-0.1, -0.05) is 11.8 Å². The van der Waals surface area contributed by atoms with Crippen molar-refractivity contribution < 1.29 is 9.90 Å². The summed E-state index contributed by atoms with van der Waals surface area (Å²) in [6, 6.07) is 0. The molecule has 0 fully saturated rings. The number of hydrogen-bond acceptors (Lipinski definition) is 5. The van der Waals surface area contributed by atoms with Gasteiger partial charge in [0.25, 0.3) is 0 Å². The van der Waals surface area contributed by atoms with Gasteiger partial charge in [-0.05, 0) is 14.1 Å². The number of carboxylic acids is 1. The quantitative estimate of drug-likeness (QED) is 0.715. The summed E-state index contributed by atoms with van der Waals surface area (Å²) in [6.45, 7) is 0.898. The molecule has 0 aromatic carbocycles. The van der Waals surface area contributed by atoms with Crippen molar-refractivity contribution in [2.75, 3.05) is 26.4 Å². The Morgan fingerprint density at radius 2 is 2.19 bits per heavy atom. The van der Waals surface area contributed by atoms with Gasteiger partial charge in [0.05, 0.1) is 5.75 Å². The number of hydrogen-bond donors (Lipinski definition) is 1. The van der Waals surface area contributed by atoms with Crippen molar-refractivity contribution in [3.63, 3.8) is 0 Å². The minimum Gasteiger partial charge on any atom is -0.481 e. The van der Waals surface area contributed by atoms with Crippen LogP contribution in [0.1, 0.15) is 5.82 Å². The molecular formula is C9H16N4O2S. The van der Waals surface area contributed by atoms with Crippen LogP contribution in [0.25, 0.3) is 0 Å². The van der Waals surface area contributed by atoms with E-state index in [9.17, 15) is 4.79 Å². The van der Waals surface area contributed by atoms with Crippen LogP contribution in [0.15, 0.2) is 5.16 Å². The zero-order valence-electron chi connectivity index (χ0n) is 9.67. The molecular weight excluding hydrogens is 228 g/mol. The average Bonchev–Trinajstić information content (AvgIpc) is 2.53. The van der Waals surface area contributed by atoms with Gasteiger partial charge in [0.1, 0.15) is 5.82 Å². The fraction of sp³-hybridized carbons (Fsp3) is 0.667. The first kappa shape index (κ1) is 13.0. The SMILES string of the molecule is CN(C)CCc1nnc(SCC(=O)O)n1C. The topological polar surface area (TPSA) is 71.2 Å². The van der Waals surface area contributed by atoms with E-state index in [0.29, 0.717) is 5.16 Å². The highest BCUT2D eigenvalue weighted by molar-refractivity contribution is 7.99. The summed E-state index contributed by atoms with van der Waals surface area (Å²) >= 11 is 1.19. The standard InChI is InChI=1S/C9H16N4O2S/c1-12(2)5-4-7-10-11-9(13(7)3)16-6-8(14)15/h4-6H2,1-3H3,(H,14,15). The van der Waals surface area contributed by atoms with Crippen LogP contribution in [0.3, 0.4) is 0 Å². The maximum Gasteiger partial charge on any atom is 0.313 e. The van der Waals surface area contributed by atoms with Crippen LogP contribution in [-0.2, 0) is 18.3 Å². The average molecular weight is 244 g/mol. The molecule has 0 spiro atoms. The molecule has 0 bridgehead atoms. The first-order valence-electron chi connectivity index (χ1n) is 4.88. The highest BCUT2D eigenvalue weighted by Gasteiger charge is 2.10. The predicted molar refractivity (Wildman–Crippen MR) is 61.6 cm³/mol. The Kier molecular flexibility index (Phi) is 4.75. The second-order valence-corrected chi connectivity index (χ2v) is 4.64. The van der Waals surface area contributed by atoms with Crippen molar-refractivity contribution in [3.8, 4) is 0 Å². The fourth-order valence-corrected chi connectivity index (χ4v) is 1.79. The number of nitrogens with zero attached hydrogens (tertiary/aromatic N) is 4. The van der Waals surface area contributed by atoms with Crippen LogP contribution in [-0.4, -0.2) is 57.1 Å². The minimum atomic E-state index is -0.845. The summed E-state index contributed by atoms with van der Waals surface area (Å²) in [4.78, 5) is 12.5. The molecule has 0 aliphatic rings. The second kappa shape index (κ2) is 5.86. The Morgan fingerprint density at radius 3 is 2.75 bits per heavy atom. The number of likely N-dealkylation sites (N-methyl/N-ethyl adjacent to an activating group) is 1. The van der Waals surface area contributed by atoms with Crippen molar-refractivity contribution in [3.05, 3.63) is 5.82 Å². The van der Waals surface area contributed by atoms with Gasteiger partial charge in [0.2, 0.25) is 0 Å². The largest absolute Gasteiger partial charge is 0.481 e. The van der Waals surface area contributed by atoms with Gasteiger partial charge in [-0.2, -0.15) is 0 Å². The monoisotopic (exact) mass is 244 g/mol. The van der Waals surface area contributed by atoms with Gasteiger partial charge in [-0.15, -0.1) is 10.2 Å². The van der Waals surface area contributed by atoms with Crippen LogP contribution >= 0.6 is 11.8 Å². The number of rotatable bonds is 6. The lowest BCUT2D eigenvalue weighted by Crippen LogP contribution is -2.17. The second-order valence-electron chi connectivity index (χ2n) is 3.69. The van der Waals surface area contributed by atoms with Crippen molar-refractivity contribution in [2.24, 2.45) is 7.05 Å². The maximum atomic E-state index is 10.4. The summed E-state index contributed by atoms with van der Waals surface area (Å²) < 4.78 is 1.84. The molecule has 0 unspecified atom stereocenters. The fourth-order valence-electron chi connectivity index (χ4n) is 1.14. The number of thioether (sulfide) groups is 1. The maximum absolute atomic E-state index is 10.4. The van der Waals surface area contributed by atoms with E-state index in [2.05, 4.69) is 15.1 Å². The normalized spacial score (nSPS) is 11.0. The lowest BCUT2D eigenvalue weighted by atomic mass is 10.4. The van der Waals surface area contributed by atoms with Gasteiger partial charge in [-0.3, -0.25) is 4.79 Å². The Balaban J connectivity index is 2.57. The molecule has 0 aliphatic carbocycles. The molecule has 1 rings (SSSR count). The van der Waals surface area contributed by atoms with Crippen LogP contribution < -0.4 is 0 Å². The van der Waals surface area contributed by atoms with Crippen molar-refractivity contribution in [1.82, 2.24) is 19.7 Å². The Labute approximate surface area is 98.7 Å². The number of aliphatic carboxylic acids is 1. The van der Waals surface area contributed by atoms with Crippen molar-refractivity contribution in [2.45, 2.75) is 11.6 Å². The molecule has 0 saturated heterocycles. The van der Waals surface area contributed by atoms with E-state index >= 15 is 0 Å². The number of carboxylic acid groups (broad SMARTS) is 1. The number of aromatic nitrogens is 3. The summed E-state index contributed by atoms with van der Waals surface area (Å²) in [5.41, 5.74) is 0. The molecule has 0 amide bonds.